The van der Waals surface area contributed by atoms with Crippen LogP contribution in [0.25, 0.3) is 17.2 Å². The summed E-state index contributed by atoms with van der Waals surface area (Å²) in [6.07, 6.45) is -2.61. The highest BCUT2D eigenvalue weighted by molar-refractivity contribution is 6.03. The summed E-state index contributed by atoms with van der Waals surface area (Å²) in [5, 5.41) is 9.94. The van der Waals surface area contributed by atoms with Gasteiger partial charge in [-0.1, -0.05) is 5.16 Å². The first-order valence-corrected chi connectivity index (χ1v) is 9.52. The van der Waals surface area contributed by atoms with Gasteiger partial charge in [-0.15, -0.1) is 0 Å². The van der Waals surface area contributed by atoms with Crippen LogP contribution in [0.5, 0.6) is 0 Å². The second kappa shape index (κ2) is 8.65. The highest BCUT2D eigenvalue weighted by Crippen LogP contribution is 2.34. The predicted molar refractivity (Wildman–Crippen MR) is 107 cm³/mol. The zero-order chi connectivity index (χ0) is 23.6. The third kappa shape index (κ3) is 4.49. The van der Waals surface area contributed by atoms with E-state index in [1.54, 1.807) is 12.1 Å². The summed E-state index contributed by atoms with van der Waals surface area (Å²) in [6, 6.07) is 10.1. The predicted octanol–water partition coefficient (Wildman–Crippen LogP) is 4.57. The number of esters is 1. The molecule has 1 aromatic carbocycles. The molecule has 0 saturated heterocycles. The molecule has 170 valence electrons. The van der Waals surface area contributed by atoms with Crippen LogP contribution in [0.1, 0.15) is 33.5 Å². The molecule has 0 unspecified atom stereocenters. The smallest absolute Gasteiger partial charge is 0.434 e. The van der Waals surface area contributed by atoms with Gasteiger partial charge < -0.3 is 19.0 Å². The van der Waals surface area contributed by atoms with E-state index in [2.05, 4.69) is 20.3 Å². The zero-order valence-electron chi connectivity index (χ0n) is 16.9. The largest absolute Gasteiger partial charge is 0.462 e. The van der Waals surface area contributed by atoms with Crippen LogP contribution in [0, 0.1) is 0 Å². The highest BCUT2D eigenvalue weighted by Gasteiger charge is 2.41. The van der Waals surface area contributed by atoms with Gasteiger partial charge in [0.05, 0.1) is 24.8 Å². The number of benzene rings is 1. The number of rotatable bonds is 6. The van der Waals surface area contributed by atoms with Crippen LogP contribution >= 0.6 is 0 Å². The Morgan fingerprint density at radius 2 is 1.91 bits per heavy atom. The van der Waals surface area contributed by atoms with Crippen molar-refractivity contribution in [1.29, 1.82) is 0 Å². The normalized spacial score (nSPS) is 11.4. The lowest BCUT2D eigenvalue weighted by Gasteiger charge is -2.13. The van der Waals surface area contributed by atoms with Crippen molar-refractivity contribution in [2.24, 2.45) is 0 Å². The summed E-state index contributed by atoms with van der Waals surface area (Å²) in [7, 11) is 0. The molecule has 0 bridgehead atoms. The fourth-order valence-corrected chi connectivity index (χ4v) is 2.97. The number of furan rings is 1. The Balaban J connectivity index is 1.54. The fourth-order valence-electron chi connectivity index (χ4n) is 2.97. The van der Waals surface area contributed by atoms with Crippen LogP contribution in [0.15, 0.2) is 63.9 Å². The maximum absolute atomic E-state index is 13.6. The van der Waals surface area contributed by atoms with Gasteiger partial charge in [0, 0.05) is 11.8 Å². The van der Waals surface area contributed by atoms with Gasteiger partial charge in [-0.3, -0.25) is 4.79 Å². The van der Waals surface area contributed by atoms with E-state index in [4.69, 9.17) is 8.94 Å². The molecule has 9 nitrogen and oxygen atoms in total. The minimum atomic E-state index is -4.86. The number of amides is 1. The number of nitrogens with one attached hydrogen (secondary N) is 1. The van der Waals surface area contributed by atoms with Gasteiger partial charge in [-0.2, -0.15) is 18.3 Å². The molecule has 4 rings (SSSR count). The SMILES string of the molecule is CCOC(=O)c1cnn(-c2ccc(NC(=O)c3cc(-c4ccco4)on3)cc2)c1C(F)(F)F. The summed E-state index contributed by atoms with van der Waals surface area (Å²) in [5.41, 5.74) is -1.66. The molecule has 0 aliphatic heterocycles. The first-order chi connectivity index (χ1) is 15.8. The maximum Gasteiger partial charge on any atom is 0.434 e. The Bertz CT molecular complexity index is 1270. The van der Waals surface area contributed by atoms with Gasteiger partial charge in [-0.25, -0.2) is 9.48 Å². The van der Waals surface area contributed by atoms with Gasteiger partial charge >= 0.3 is 12.1 Å². The van der Waals surface area contributed by atoms with Crippen molar-refractivity contribution in [2.75, 3.05) is 11.9 Å². The Hall–Kier alpha value is -4.35. The van der Waals surface area contributed by atoms with Gasteiger partial charge in [0.15, 0.2) is 17.1 Å². The van der Waals surface area contributed by atoms with Gasteiger partial charge in [-0.05, 0) is 43.3 Å². The van der Waals surface area contributed by atoms with Crippen LogP contribution in [0.4, 0.5) is 18.9 Å². The Labute approximate surface area is 183 Å². The molecule has 1 amide bonds. The number of halogens is 3. The summed E-state index contributed by atoms with van der Waals surface area (Å²) in [5.74, 6) is -1.06. The number of anilines is 1. The molecule has 3 heterocycles. The van der Waals surface area contributed by atoms with Crippen LogP contribution in [0.2, 0.25) is 0 Å². The first-order valence-electron chi connectivity index (χ1n) is 9.52. The number of alkyl halides is 3. The number of carbonyl (C=O) groups excluding carboxylic acids is 2. The lowest BCUT2D eigenvalue weighted by Crippen LogP contribution is -2.18. The van der Waals surface area contributed by atoms with Crippen LogP contribution < -0.4 is 5.32 Å². The summed E-state index contributed by atoms with van der Waals surface area (Å²) < 4.78 is 56.4. The first kappa shape index (κ1) is 21.9. The third-order valence-corrected chi connectivity index (χ3v) is 4.41. The van der Waals surface area contributed by atoms with Crippen molar-refractivity contribution < 1.29 is 36.4 Å². The average molecular weight is 460 g/mol. The number of nitrogens with zero attached hydrogens (tertiary/aromatic N) is 3. The van der Waals surface area contributed by atoms with E-state index in [9.17, 15) is 22.8 Å². The second-order valence-corrected chi connectivity index (χ2v) is 6.59. The highest BCUT2D eigenvalue weighted by atomic mass is 19.4. The molecule has 0 saturated carbocycles. The van der Waals surface area contributed by atoms with Crippen molar-refractivity contribution in [3.8, 4) is 17.2 Å². The molecule has 0 aliphatic rings. The van der Waals surface area contributed by atoms with E-state index in [0.717, 1.165) is 6.20 Å². The fraction of sp³-hybridized carbons (Fsp3) is 0.143. The molecular weight excluding hydrogens is 445 g/mol. The summed E-state index contributed by atoms with van der Waals surface area (Å²) >= 11 is 0. The van der Waals surface area contributed by atoms with Crippen molar-refractivity contribution in [2.45, 2.75) is 13.1 Å². The molecule has 3 aromatic heterocycles. The maximum atomic E-state index is 13.6. The van der Waals surface area contributed by atoms with Gasteiger partial charge in [0.1, 0.15) is 5.56 Å². The molecular formula is C21H15F3N4O5. The van der Waals surface area contributed by atoms with Crippen LogP contribution in [-0.4, -0.2) is 33.4 Å². The Kier molecular flexibility index (Phi) is 5.73. The quantitative estimate of drug-likeness (QED) is 0.420. The average Bonchev–Trinajstić information content (AvgIpc) is 3.54. The van der Waals surface area contributed by atoms with Crippen molar-refractivity contribution in [3.63, 3.8) is 0 Å². The molecule has 0 radical (unpaired) electrons. The van der Waals surface area contributed by atoms with E-state index < -0.39 is 29.3 Å². The lowest BCUT2D eigenvalue weighted by molar-refractivity contribution is -0.143. The van der Waals surface area contributed by atoms with Crippen molar-refractivity contribution >= 4 is 17.6 Å². The van der Waals surface area contributed by atoms with E-state index in [1.165, 1.54) is 43.5 Å². The molecule has 33 heavy (non-hydrogen) atoms. The number of hydrogen-bond donors (Lipinski definition) is 1. The molecule has 4 aromatic rings. The van der Waals surface area contributed by atoms with Crippen molar-refractivity contribution in [1.82, 2.24) is 14.9 Å². The minimum absolute atomic E-state index is 0.0176. The molecule has 0 spiro atoms. The number of aromatic nitrogens is 3. The van der Waals surface area contributed by atoms with Crippen LogP contribution in [0.3, 0.4) is 0 Å². The van der Waals surface area contributed by atoms with Gasteiger partial charge in [0.25, 0.3) is 5.91 Å². The topological polar surface area (TPSA) is 112 Å². The Morgan fingerprint density at radius 1 is 1.15 bits per heavy atom. The summed E-state index contributed by atoms with van der Waals surface area (Å²) in [4.78, 5) is 24.3. The van der Waals surface area contributed by atoms with E-state index in [0.29, 0.717) is 10.4 Å². The second-order valence-electron chi connectivity index (χ2n) is 6.59. The molecule has 0 aliphatic carbocycles. The molecule has 0 fully saturated rings. The Morgan fingerprint density at radius 3 is 2.55 bits per heavy atom. The number of carbonyl (C=O) groups is 2. The zero-order valence-corrected chi connectivity index (χ0v) is 16.9. The number of hydrogen-bond acceptors (Lipinski definition) is 7. The summed E-state index contributed by atoms with van der Waals surface area (Å²) in [6.45, 7) is 1.41. The molecule has 0 atom stereocenters. The molecule has 12 heteroatoms. The standard InChI is InChI=1S/C21H15F3N4O5/c1-2-31-20(30)14-11-25-28(18(14)21(22,23)24)13-7-5-12(6-8-13)26-19(29)15-10-17(33-27-15)16-4-3-9-32-16/h3-11H,2H2,1H3,(H,26,29). The van der Waals surface area contributed by atoms with Crippen LogP contribution in [-0.2, 0) is 10.9 Å². The molecule has 1 N–H and O–H groups in total. The minimum Gasteiger partial charge on any atom is -0.462 e. The number of ether oxygens (including phenoxy) is 1. The van der Waals surface area contributed by atoms with E-state index >= 15 is 0 Å². The van der Waals surface area contributed by atoms with Gasteiger partial charge in [0.2, 0.25) is 5.76 Å². The third-order valence-electron chi connectivity index (χ3n) is 4.41. The van der Waals surface area contributed by atoms with E-state index in [-0.39, 0.29) is 29.4 Å². The lowest BCUT2D eigenvalue weighted by atomic mass is 10.2. The monoisotopic (exact) mass is 460 g/mol. The van der Waals surface area contributed by atoms with E-state index in [1.807, 2.05) is 0 Å². The van der Waals surface area contributed by atoms with Crippen molar-refractivity contribution in [3.05, 3.63) is 71.9 Å².